The van der Waals surface area contributed by atoms with Gasteiger partial charge in [-0.15, -0.1) is 12.4 Å². The van der Waals surface area contributed by atoms with Crippen molar-refractivity contribution >= 4 is 28.3 Å². The van der Waals surface area contributed by atoms with Crippen LogP contribution in [0.15, 0.2) is 0 Å². The lowest BCUT2D eigenvalue weighted by atomic mass is 9.65. The lowest BCUT2D eigenvalue weighted by molar-refractivity contribution is -0.140. The highest BCUT2D eigenvalue weighted by atomic mass is 35.5. The molecule has 2 unspecified atom stereocenters. The molecule has 24 heavy (non-hydrogen) atoms. The minimum atomic E-state index is -3.19. The van der Waals surface area contributed by atoms with E-state index in [0.29, 0.717) is 31.5 Å². The van der Waals surface area contributed by atoms with E-state index in [9.17, 15) is 13.2 Å². The van der Waals surface area contributed by atoms with Gasteiger partial charge in [0.05, 0.1) is 6.26 Å². The average molecular weight is 380 g/mol. The van der Waals surface area contributed by atoms with Crippen molar-refractivity contribution in [2.75, 3.05) is 25.9 Å². The number of carbonyl (C=O) groups is 1. The third-order valence-electron chi connectivity index (χ3n) is 6.07. The van der Waals surface area contributed by atoms with Gasteiger partial charge >= 0.3 is 0 Å². The Hall–Kier alpha value is -0.370. The molecule has 2 saturated carbocycles. The number of halogens is 1. The number of piperazine rings is 1. The van der Waals surface area contributed by atoms with Crippen molar-refractivity contribution in [2.45, 2.75) is 51.1 Å². The third-order valence-corrected chi connectivity index (χ3v) is 7.46. The molecule has 1 heterocycles. The van der Waals surface area contributed by atoms with Crippen LogP contribution in [0.1, 0.15) is 39.0 Å². The number of rotatable bonds is 2. The van der Waals surface area contributed by atoms with Gasteiger partial charge in [-0.2, -0.15) is 4.31 Å². The predicted molar refractivity (Wildman–Crippen MR) is 96.4 cm³/mol. The van der Waals surface area contributed by atoms with Gasteiger partial charge in [0, 0.05) is 37.6 Å². The Kier molecular flexibility index (Phi) is 6.21. The van der Waals surface area contributed by atoms with Crippen LogP contribution < -0.4 is 5.73 Å². The summed E-state index contributed by atoms with van der Waals surface area (Å²) in [4.78, 5) is 14.8. The number of carbonyl (C=O) groups excluding carboxylic acids is 1. The van der Waals surface area contributed by atoms with Crippen molar-refractivity contribution in [3.05, 3.63) is 0 Å². The molecule has 0 radical (unpaired) electrons. The molecule has 0 aromatic carbocycles. The summed E-state index contributed by atoms with van der Waals surface area (Å²) in [6.07, 6.45) is 6.62. The van der Waals surface area contributed by atoms with Crippen LogP contribution >= 0.6 is 12.4 Å². The van der Waals surface area contributed by atoms with E-state index in [-0.39, 0.29) is 36.3 Å². The minimum absolute atomic E-state index is 0. The molecular weight excluding hydrogens is 350 g/mol. The summed E-state index contributed by atoms with van der Waals surface area (Å²) in [6.45, 7) is 3.30. The molecule has 2 aliphatic carbocycles. The monoisotopic (exact) mass is 379 g/mol. The van der Waals surface area contributed by atoms with E-state index in [2.05, 4.69) is 0 Å². The zero-order valence-electron chi connectivity index (χ0n) is 14.6. The van der Waals surface area contributed by atoms with Crippen LogP contribution in [0.2, 0.25) is 0 Å². The van der Waals surface area contributed by atoms with Crippen molar-refractivity contribution in [1.82, 2.24) is 9.21 Å². The molecule has 2 N–H and O–H groups in total. The van der Waals surface area contributed by atoms with Gasteiger partial charge < -0.3 is 10.6 Å². The number of sulfonamides is 1. The second-order valence-corrected chi connectivity index (χ2v) is 9.64. The molecule has 0 aromatic rings. The first-order valence-corrected chi connectivity index (χ1v) is 10.6. The number of amides is 1. The molecule has 1 amide bonds. The number of fused-ring (bicyclic) bond motifs is 2. The van der Waals surface area contributed by atoms with Gasteiger partial charge in [0.2, 0.25) is 15.9 Å². The SMILES string of the molecule is C[C@H]1CN(C(=O)C2CC3CCCC(C2)C3N)CCN1S(C)(=O)=O.Cl. The van der Waals surface area contributed by atoms with Gasteiger partial charge in [0.15, 0.2) is 0 Å². The van der Waals surface area contributed by atoms with Crippen LogP contribution in [-0.4, -0.2) is 61.5 Å². The maximum absolute atomic E-state index is 12.9. The zero-order chi connectivity index (χ0) is 16.8. The normalized spacial score (nSPS) is 37.6. The van der Waals surface area contributed by atoms with E-state index in [1.54, 1.807) is 0 Å². The Labute approximate surface area is 151 Å². The third kappa shape index (κ3) is 3.89. The Bertz CT molecular complexity index is 557. The highest BCUT2D eigenvalue weighted by Gasteiger charge is 2.42. The molecule has 3 aliphatic rings. The van der Waals surface area contributed by atoms with Crippen LogP contribution in [0.3, 0.4) is 0 Å². The maximum atomic E-state index is 12.9. The standard InChI is InChI=1S/C16H29N3O3S.ClH/c1-11-10-18(6-7-19(11)23(2,21)22)16(20)14-8-12-4-3-5-13(9-14)15(12)17;/h11-15H,3-10,17H2,1-2H3;1H/t11-,12?,13?,14?,15?;/m0./s1. The van der Waals surface area contributed by atoms with Crippen LogP contribution in [0.25, 0.3) is 0 Å². The molecule has 0 aromatic heterocycles. The molecular formula is C16H30ClN3O3S. The maximum Gasteiger partial charge on any atom is 0.225 e. The van der Waals surface area contributed by atoms with Gasteiger partial charge in [0.25, 0.3) is 0 Å². The Morgan fingerprint density at radius 3 is 2.21 bits per heavy atom. The van der Waals surface area contributed by atoms with E-state index in [1.807, 2.05) is 11.8 Å². The van der Waals surface area contributed by atoms with E-state index >= 15 is 0 Å². The molecule has 3 rings (SSSR count). The van der Waals surface area contributed by atoms with Crippen molar-refractivity contribution in [1.29, 1.82) is 0 Å². The number of nitrogens with two attached hydrogens (primary N) is 1. The first-order chi connectivity index (χ1) is 10.8. The summed E-state index contributed by atoms with van der Waals surface area (Å²) in [6, 6.07) is 0.127. The van der Waals surface area contributed by atoms with Crippen LogP contribution in [0, 0.1) is 17.8 Å². The molecule has 3 atom stereocenters. The number of hydrogen-bond donors (Lipinski definition) is 1. The second-order valence-electron chi connectivity index (χ2n) is 7.70. The van der Waals surface area contributed by atoms with Crippen LogP contribution in [0.4, 0.5) is 0 Å². The fourth-order valence-corrected chi connectivity index (χ4v) is 6.02. The average Bonchev–Trinajstić information content (AvgIpc) is 2.44. The predicted octanol–water partition coefficient (Wildman–Crippen LogP) is 1.05. The summed E-state index contributed by atoms with van der Waals surface area (Å²) in [7, 11) is -3.19. The first kappa shape index (κ1) is 19.9. The van der Waals surface area contributed by atoms with E-state index in [1.165, 1.54) is 17.0 Å². The van der Waals surface area contributed by atoms with E-state index in [0.717, 1.165) is 25.7 Å². The Balaban J connectivity index is 0.00000208. The van der Waals surface area contributed by atoms with Crippen molar-refractivity contribution in [2.24, 2.45) is 23.5 Å². The van der Waals surface area contributed by atoms with E-state index < -0.39 is 10.0 Å². The first-order valence-electron chi connectivity index (χ1n) is 8.78. The molecule has 8 heteroatoms. The summed E-state index contributed by atoms with van der Waals surface area (Å²) >= 11 is 0. The number of nitrogens with zero attached hydrogens (tertiary/aromatic N) is 2. The summed E-state index contributed by atoms with van der Waals surface area (Å²) in [5.74, 6) is 1.29. The smallest absolute Gasteiger partial charge is 0.225 e. The van der Waals surface area contributed by atoms with Gasteiger partial charge in [-0.3, -0.25) is 4.79 Å². The summed E-state index contributed by atoms with van der Waals surface area (Å²) in [5, 5.41) is 0. The van der Waals surface area contributed by atoms with Crippen molar-refractivity contribution < 1.29 is 13.2 Å². The van der Waals surface area contributed by atoms with Crippen LogP contribution in [0.5, 0.6) is 0 Å². The highest BCUT2D eigenvalue weighted by molar-refractivity contribution is 7.88. The lowest BCUT2D eigenvalue weighted by Crippen LogP contribution is -2.57. The molecule has 1 aliphatic heterocycles. The van der Waals surface area contributed by atoms with Gasteiger partial charge in [0.1, 0.15) is 0 Å². The largest absolute Gasteiger partial charge is 0.340 e. The van der Waals surface area contributed by atoms with Crippen molar-refractivity contribution in [3.8, 4) is 0 Å². The molecule has 0 spiro atoms. The second kappa shape index (κ2) is 7.48. The molecule has 1 saturated heterocycles. The van der Waals surface area contributed by atoms with E-state index in [4.69, 9.17) is 5.73 Å². The topological polar surface area (TPSA) is 83.7 Å². The Morgan fingerprint density at radius 2 is 1.71 bits per heavy atom. The lowest BCUT2D eigenvalue weighted by Gasteiger charge is -2.46. The summed E-state index contributed by atoms with van der Waals surface area (Å²) < 4.78 is 25.0. The molecule has 3 fully saturated rings. The molecule has 140 valence electrons. The van der Waals surface area contributed by atoms with Gasteiger partial charge in [-0.1, -0.05) is 6.42 Å². The van der Waals surface area contributed by atoms with Gasteiger partial charge in [-0.25, -0.2) is 8.42 Å². The fraction of sp³-hybridized carbons (Fsp3) is 0.938. The minimum Gasteiger partial charge on any atom is -0.340 e. The fourth-order valence-electron chi connectivity index (χ4n) is 4.88. The van der Waals surface area contributed by atoms with Crippen molar-refractivity contribution in [3.63, 3.8) is 0 Å². The number of hydrogen-bond acceptors (Lipinski definition) is 4. The zero-order valence-corrected chi connectivity index (χ0v) is 16.2. The quantitative estimate of drug-likeness (QED) is 0.777. The summed E-state index contributed by atoms with van der Waals surface area (Å²) in [5.41, 5.74) is 6.31. The van der Waals surface area contributed by atoms with Gasteiger partial charge in [-0.05, 0) is 44.4 Å². The Morgan fingerprint density at radius 1 is 1.12 bits per heavy atom. The van der Waals surface area contributed by atoms with Crippen LogP contribution in [-0.2, 0) is 14.8 Å². The molecule has 6 nitrogen and oxygen atoms in total. The highest BCUT2D eigenvalue weighted by Crippen LogP contribution is 2.42. The molecule has 2 bridgehead atoms.